The minimum atomic E-state index is 0.146. The van der Waals surface area contributed by atoms with Crippen LogP contribution in [0.4, 0.5) is 5.95 Å². The van der Waals surface area contributed by atoms with Crippen LogP contribution in [0.2, 0.25) is 0 Å². The van der Waals surface area contributed by atoms with Crippen molar-refractivity contribution in [3.63, 3.8) is 0 Å². The molecule has 0 aliphatic carbocycles. The zero-order valence-corrected chi connectivity index (χ0v) is 9.32. The molecule has 2 N–H and O–H groups in total. The van der Waals surface area contributed by atoms with E-state index >= 15 is 0 Å². The minimum absolute atomic E-state index is 0.146. The third kappa shape index (κ3) is 2.77. The molecule has 0 aliphatic rings. The van der Waals surface area contributed by atoms with Crippen LogP contribution in [-0.4, -0.2) is 33.1 Å². The zero-order valence-electron chi connectivity index (χ0n) is 9.32. The maximum absolute atomic E-state index is 5.46. The highest BCUT2D eigenvalue weighted by Crippen LogP contribution is 2.10. The minimum Gasteiger partial charge on any atom is -0.494 e. The lowest BCUT2D eigenvalue weighted by Crippen LogP contribution is -1.99. The molecule has 1 heterocycles. The van der Waals surface area contributed by atoms with Gasteiger partial charge in [0.1, 0.15) is 5.75 Å². The van der Waals surface area contributed by atoms with Crippen molar-refractivity contribution in [3.8, 4) is 5.75 Å². The van der Waals surface area contributed by atoms with Gasteiger partial charge in [-0.2, -0.15) is 5.10 Å². The quantitative estimate of drug-likeness (QED) is 0.776. The fraction of sp³-hybridized carbons (Fsp3) is 0.200. The lowest BCUT2D eigenvalue weighted by Gasteiger charge is -2.01. The van der Waals surface area contributed by atoms with E-state index in [0.29, 0.717) is 6.61 Å². The monoisotopic (exact) mass is 232 g/mol. The lowest BCUT2D eigenvalue weighted by molar-refractivity contribution is 0.340. The first-order valence-corrected chi connectivity index (χ1v) is 5.10. The highest BCUT2D eigenvalue weighted by Gasteiger charge is 1.97. The van der Waals surface area contributed by atoms with Crippen molar-refractivity contribution in [2.24, 2.45) is 5.10 Å². The van der Waals surface area contributed by atoms with Crippen molar-refractivity contribution in [2.45, 2.75) is 6.92 Å². The second kappa shape index (κ2) is 5.06. The van der Waals surface area contributed by atoms with Gasteiger partial charge in [-0.15, -0.1) is 0 Å². The van der Waals surface area contributed by atoms with Crippen molar-refractivity contribution >= 4 is 12.2 Å². The predicted octanol–water partition coefficient (Wildman–Crippen LogP) is 0.536. The number of tetrazole rings is 1. The van der Waals surface area contributed by atoms with Crippen LogP contribution in [0.25, 0.3) is 0 Å². The van der Waals surface area contributed by atoms with E-state index in [-0.39, 0.29) is 5.95 Å². The Morgan fingerprint density at radius 2 is 2.18 bits per heavy atom. The molecule has 1 aromatic heterocycles. The summed E-state index contributed by atoms with van der Waals surface area (Å²) in [7, 11) is 0. The van der Waals surface area contributed by atoms with E-state index in [2.05, 4.69) is 20.6 Å². The Morgan fingerprint density at radius 3 is 2.76 bits per heavy atom. The fourth-order valence-corrected chi connectivity index (χ4v) is 1.21. The third-order valence-electron chi connectivity index (χ3n) is 1.98. The molecule has 0 radical (unpaired) electrons. The Labute approximate surface area is 97.9 Å². The molecule has 2 aromatic rings. The summed E-state index contributed by atoms with van der Waals surface area (Å²) in [5.41, 5.74) is 6.37. The van der Waals surface area contributed by atoms with Gasteiger partial charge in [0, 0.05) is 0 Å². The Hall–Kier alpha value is -2.44. The molecule has 1 aromatic carbocycles. The summed E-state index contributed by atoms with van der Waals surface area (Å²) >= 11 is 0. The maximum Gasteiger partial charge on any atom is 0.263 e. The van der Waals surface area contributed by atoms with E-state index in [1.54, 1.807) is 6.21 Å². The van der Waals surface area contributed by atoms with Crippen LogP contribution in [0, 0.1) is 0 Å². The highest BCUT2D eigenvalue weighted by atomic mass is 16.5. The summed E-state index contributed by atoms with van der Waals surface area (Å²) < 4.78 is 5.33. The van der Waals surface area contributed by atoms with E-state index in [1.807, 2.05) is 31.2 Å². The first kappa shape index (κ1) is 11.1. The summed E-state index contributed by atoms with van der Waals surface area (Å²) in [6.45, 7) is 2.59. The number of nitrogens with zero attached hydrogens (tertiary/aromatic N) is 5. The largest absolute Gasteiger partial charge is 0.494 e. The van der Waals surface area contributed by atoms with Gasteiger partial charge in [0.15, 0.2) is 0 Å². The van der Waals surface area contributed by atoms with E-state index in [0.717, 1.165) is 16.1 Å². The highest BCUT2D eigenvalue weighted by molar-refractivity contribution is 5.79. The summed E-state index contributed by atoms with van der Waals surface area (Å²) in [5, 5.41) is 14.5. The number of hydrogen-bond donors (Lipinski definition) is 1. The summed E-state index contributed by atoms with van der Waals surface area (Å²) in [6.07, 6.45) is 1.61. The number of ether oxygens (including phenoxy) is 1. The Bertz CT molecular complexity index is 504. The van der Waals surface area contributed by atoms with Gasteiger partial charge in [-0.1, -0.05) is 9.89 Å². The lowest BCUT2D eigenvalue weighted by atomic mass is 10.2. The second-order valence-electron chi connectivity index (χ2n) is 3.17. The van der Waals surface area contributed by atoms with Crippen LogP contribution in [0.1, 0.15) is 12.5 Å². The topological polar surface area (TPSA) is 91.2 Å². The summed E-state index contributed by atoms with van der Waals surface area (Å²) in [6, 6.07) is 7.51. The van der Waals surface area contributed by atoms with E-state index in [4.69, 9.17) is 10.5 Å². The molecule has 0 amide bonds. The van der Waals surface area contributed by atoms with Crippen LogP contribution >= 0.6 is 0 Å². The van der Waals surface area contributed by atoms with E-state index < -0.39 is 0 Å². The van der Waals surface area contributed by atoms with E-state index in [9.17, 15) is 0 Å². The summed E-state index contributed by atoms with van der Waals surface area (Å²) in [5.74, 6) is 0.971. The Morgan fingerprint density at radius 1 is 1.41 bits per heavy atom. The SMILES string of the molecule is CCOc1ccc(C=Nn2nnnc2N)cc1. The van der Waals surface area contributed by atoms with Gasteiger partial charge in [0.2, 0.25) is 0 Å². The standard InChI is InChI=1S/C10H12N6O/c1-2-17-9-5-3-8(4-6-9)7-12-16-10(11)13-14-15-16/h3-7H,2H2,1H3,(H2,11,13,15). The first-order valence-electron chi connectivity index (χ1n) is 5.10. The van der Waals surface area contributed by atoms with Crippen molar-refractivity contribution < 1.29 is 4.74 Å². The van der Waals surface area contributed by atoms with Crippen LogP contribution in [0.3, 0.4) is 0 Å². The number of nitrogens with two attached hydrogens (primary N) is 1. The molecule has 2 rings (SSSR count). The number of hydrogen-bond acceptors (Lipinski definition) is 6. The van der Waals surface area contributed by atoms with Crippen LogP contribution in [0.5, 0.6) is 5.75 Å². The molecule has 0 bridgehead atoms. The predicted molar refractivity (Wildman–Crippen MR) is 62.8 cm³/mol. The molecule has 0 atom stereocenters. The molecule has 0 spiro atoms. The molecule has 0 unspecified atom stereocenters. The normalized spacial score (nSPS) is 10.9. The second-order valence-corrected chi connectivity index (χ2v) is 3.17. The molecule has 7 nitrogen and oxygen atoms in total. The Balaban J connectivity index is 2.09. The van der Waals surface area contributed by atoms with Crippen molar-refractivity contribution in [1.82, 2.24) is 20.3 Å². The van der Waals surface area contributed by atoms with E-state index in [1.165, 1.54) is 0 Å². The van der Waals surface area contributed by atoms with Crippen molar-refractivity contribution in [1.29, 1.82) is 0 Å². The van der Waals surface area contributed by atoms with Crippen LogP contribution in [0.15, 0.2) is 29.4 Å². The molecule has 17 heavy (non-hydrogen) atoms. The molecule has 88 valence electrons. The number of nitrogen functional groups attached to an aromatic ring is 1. The molecule has 0 aliphatic heterocycles. The van der Waals surface area contributed by atoms with Gasteiger partial charge in [0.25, 0.3) is 5.95 Å². The number of anilines is 1. The average molecular weight is 232 g/mol. The van der Waals surface area contributed by atoms with Crippen molar-refractivity contribution in [2.75, 3.05) is 12.3 Å². The fourth-order valence-electron chi connectivity index (χ4n) is 1.21. The number of aromatic nitrogens is 4. The Kier molecular flexibility index (Phi) is 3.29. The molecule has 0 saturated carbocycles. The van der Waals surface area contributed by atoms with Gasteiger partial charge >= 0.3 is 0 Å². The van der Waals surface area contributed by atoms with Gasteiger partial charge in [-0.25, -0.2) is 0 Å². The molecule has 7 heteroatoms. The van der Waals surface area contributed by atoms with Gasteiger partial charge in [0.05, 0.1) is 12.8 Å². The van der Waals surface area contributed by atoms with Crippen molar-refractivity contribution in [3.05, 3.63) is 29.8 Å². The van der Waals surface area contributed by atoms with Crippen LogP contribution in [-0.2, 0) is 0 Å². The molecular formula is C10H12N6O. The van der Waals surface area contributed by atoms with Gasteiger partial charge in [-0.05, 0) is 47.2 Å². The summed E-state index contributed by atoms with van der Waals surface area (Å²) in [4.78, 5) is 1.15. The zero-order chi connectivity index (χ0) is 12.1. The van der Waals surface area contributed by atoms with Crippen LogP contribution < -0.4 is 10.5 Å². The van der Waals surface area contributed by atoms with Gasteiger partial charge < -0.3 is 10.5 Å². The average Bonchev–Trinajstić information content (AvgIpc) is 2.75. The molecular weight excluding hydrogens is 220 g/mol. The maximum atomic E-state index is 5.46. The number of rotatable bonds is 4. The number of benzene rings is 1. The molecule has 0 fully saturated rings. The van der Waals surface area contributed by atoms with Gasteiger partial charge in [-0.3, -0.25) is 0 Å². The molecule has 0 saturated heterocycles. The third-order valence-corrected chi connectivity index (χ3v) is 1.98. The smallest absolute Gasteiger partial charge is 0.263 e. The first-order chi connectivity index (χ1) is 8.29.